The van der Waals surface area contributed by atoms with E-state index < -0.39 is 5.97 Å². The molecule has 1 aliphatic rings. The molecule has 1 atom stereocenters. The van der Waals surface area contributed by atoms with Gasteiger partial charge in [-0.3, -0.25) is 9.59 Å². The summed E-state index contributed by atoms with van der Waals surface area (Å²) >= 11 is 1.61. The van der Waals surface area contributed by atoms with E-state index in [0.29, 0.717) is 5.75 Å². The molecule has 4 nitrogen and oxygen atoms in total. The minimum Gasteiger partial charge on any atom is -0.480 e. The van der Waals surface area contributed by atoms with Crippen molar-refractivity contribution in [3.05, 3.63) is 29.8 Å². The highest BCUT2D eigenvalue weighted by molar-refractivity contribution is 7.99. The van der Waals surface area contributed by atoms with Gasteiger partial charge in [0.1, 0.15) is 6.54 Å². The fourth-order valence-electron chi connectivity index (χ4n) is 2.07. The normalized spacial score (nSPS) is 16.5. The van der Waals surface area contributed by atoms with E-state index in [1.165, 1.54) is 4.90 Å². The molecule has 1 amide bonds. The molecule has 0 fully saturated rings. The molecule has 0 aliphatic carbocycles. The number of nitrogens with zero attached hydrogens (tertiary/aromatic N) is 1. The van der Waals surface area contributed by atoms with Crippen LogP contribution in [0.2, 0.25) is 0 Å². The van der Waals surface area contributed by atoms with E-state index in [2.05, 4.69) is 5.92 Å². The van der Waals surface area contributed by atoms with Crippen LogP contribution in [0.5, 0.6) is 0 Å². The van der Waals surface area contributed by atoms with E-state index >= 15 is 0 Å². The number of hydrogen-bond acceptors (Lipinski definition) is 3. The molecule has 0 bridgehead atoms. The largest absolute Gasteiger partial charge is 0.480 e. The molecule has 0 saturated heterocycles. The number of carboxylic acid groups (broad SMARTS) is 1. The second-order valence-electron chi connectivity index (χ2n) is 4.19. The summed E-state index contributed by atoms with van der Waals surface area (Å²) in [5, 5.41) is 8.83. The SMILES string of the molecule is C#CCN(CC(=O)O)C(=O)C1CSc2ccccc21. The van der Waals surface area contributed by atoms with Crippen LogP contribution in [-0.2, 0) is 9.59 Å². The summed E-state index contributed by atoms with van der Waals surface area (Å²) < 4.78 is 0. The second kappa shape index (κ2) is 5.81. The van der Waals surface area contributed by atoms with E-state index in [-0.39, 0.29) is 24.9 Å². The lowest BCUT2D eigenvalue weighted by molar-refractivity contribution is -0.144. The van der Waals surface area contributed by atoms with E-state index in [1.54, 1.807) is 11.8 Å². The smallest absolute Gasteiger partial charge is 0.323 e. The van der Waals surface area contributed by atoms with Crippen LogP contribution in [0.15, 0.2) is 29.2 Å². The molecule has 1 aliphatic heterocycles. The number of benzene rings is 1. The Bertz CT molecular complexity index is 550. The van der Waals surface area contributed by atoms with Crippen molar-refractivity contribution in [2.45, 2.75) is 10.8 Å². The summed E-state index contributed by atoms with van der Waals surface area (Å²) in [4.78, 5) is 25.5. The van der Waals surface area contributed by atoms with Gasteiger partial charge >= 0.3 is 5.97 Å². The van der Waals surface area contributed by atoms with Gasteiger partial charge in [-0.2, -0.15) is 0 Å². The van der Waals surface area contributed by atoms with Crippen LogP contribution >= 0.6 is 11.8 Å². The molecule has 19 heavy (non-hydrogen) atoms. The topological polar surface area (TPSA) is 57.6 Å². The number of aliphatic carboxylic acids is 1. The van der Waals surface area contributed by atoms with E-state index in [1.807, 2.05) is 24.3 Å². The minimum atomic E-state index is -1.05. The summed E-state index contributed by atoms with van der Waals surface area (Å²) in [5.74, 6) is 1.41. The van der Waals surface area contributed by atoms with Crippen LogP contribution in [0, 0.1) is 12.3 Å². The number of hydrogen-bond donors (Lipinski definition) is 1. The average Bonchev–Trinajstić information content (AvgIpc) is 2.80. The molecule has 2 rings (SSSR count). The van der Waals surface area contributed by atoms with Crippen molar-refractivity contribution in [1.82, 2.24) is 4.90 Å². The summed E-state index contributed by atoms with van der Waals surface area (Å²) in [7, 11) is 0. The number of fused-ring (bicyclic) bond motifs is 1. The molecule has 0 aromatic heterocycles. The first kappa shape index (κ1) is 13.5. The fourth-order valence-corrected chi connectivity index (χ4v) is 3.29. The predicted octanol–water partition coefficient (Wildman–Crippen LogP) is 1.42. The van der Waals surface area contributed by atoms with Gasteiger partial charge in [0.2, 0.25) is 5.91 Å². The van der Waals surface area contributed by atoms with Crippen molar-refractivity contribution in [2.75, 3.05) is 18.8 Å². The lowest BCUT2D eigenvalue weighted by atomic mass is 10.00. The van der Waals surface area contributed by atoms with Crippen LogP contribution in [0.4, 0.5) is 0 Å². The van der Waals surface area contributed by atoms with Gasteiger partial charge in [0.25, 0.3) is 0 Å². The quantitative estimate of drug-likeness (QED) is 0.844. The second-order valence-corrected chi connectivity index (χ2v) is 5.26. The molecular formula is C14H13NO3S. The van der Waals surface area contributed by atoms with Gasteiger partial charge in [-0.05, 0) is 11.6 Å². The van der Waals surface area contributed by atoms with Crippen molar-refractivity contribution in [2.24, 2.45) is 0 Å². The first-order chi connectivity index (χ1) is 9.13. The number of amides is 1. The molecule has 1 unspecified atom stereocenters. The number of carboxylic acids is 1. The Morgan fingerprint density at radius 2 is 2.21 bits per heavy atom. The zero-order chi connectivity index (χ0) is 13.8. The standard InChI is InChI=1S/C14H13NO3S/c1-2-7-15(8-13(16)17)14(18)11-9-19-12-6-4-3-5-10(11)12/h1,3-6,11H,7-9H2,(H,16,17). The van der Waals surface area contributed by atoms with Gasteiger partial charge in [0.05, 0.1) is 12.5 Å². The summed E-state index contributed by atoms with van der Waals surface area (Å²) in [6.07, 6.45) is 5.19. The third-order valence-corrected chi connectivity index (χ3v) is 4.10. The third kappa shape index (κ3) is 2.91. The van der Waals surface area contributed by atoms with Crippen LogP contribution < -0.4 is 0 Å². The van der Waals surface area contributed by atoms with Crippen LogP contribution in [0.3, 0.4) is 0 Å². The number of rotatable bonds is 4. The number of thioether (sulfide) groups is 1. The third-order valence-electron chi connectivity index (χ3n) is 2.92. The molecule has 98 valence electrons. The first-order valence-corrected chi connectivity index (χ1v) is 6.78. The molecule has 0 saturated carbocycles. The van der Waals surface area contributed by atoms with Crippen molar-refractivity contribution in [3.63, 3.8) is 0 Å². The molecule has 1 aromatic carbocycles. The van der Waals surface area contributed by atoms with Gasteiger partial charge in [-0.15, -0.1) is 18.2 Å². The molecule has 1 aromatic rings. The van der Waals surface area contributed by atoms with Crippen molar-refractivity contribution in [1.29, 1.82) is 0 Å². The maximum absolute atomic E-state index is 12.4. The zero-order valence-corrected chi connectivity index (χ0v) is 11.0. The Hall–Kier alpha value is -1.93. The Morgan fingerprint density at radius 1 is 1.47 bits per heavy atom. The Labute approximate surface area is 115 Å². The van der Waals surface area contributed by atoms with Crippen LogP contribution in [-0.4, -0.2) is 40.7 Å². The predicted molar refractivity (Wildman–Crippen MR) is 73.0 cm³/mol. The molecule has 1 heterocycles. The maximum Gasteiger partial charge on any atom is 0.323 e. The Morgan fingerprint density at radius 3 is 2.89 bits per heavy atom. The molecule has 5 heteroatoms. The summed E-state index contributed by atoms with van der Waals surface area (Å²) in [6, 6.07) is 7.69. The maximum atomic E-state index is 12.4. The van der Waals surface area contributed by atoms with Gasteiger partial charge < -0.3 is 10.0 Å². The highest BCUT2D eigenvalue weighted by Crippen LogP contribution is 2.40. The number of carbonyl (C=O) groups excluding carboxylic acids is 1. The fraction of sp³-hybridized carbons (Fsp3) is 0.286. The van der Waals surface area contributed by atoms with Crippen molar-refractivity contribution in [3.8, 4) is 12.3 Å². The number of terminal acetylenes is 1. The van der Waals surface area contributed by atoms with E-state index in [0.717, 1.165) is 10.5 Å². The minimum absolute atomic E-state index is 0.0223. The lowest BCUT2D eigenvalue weighted by Crippen LogP contribution is -2.39. The zero-order valence-electron chi connectivity index (χ0n) is 10.2. The van der Waals surface area contributed by atoms with Crippen molar-refractivity contribution >= 4 is 23.6 Å². The monoisotopic (exact) mass is 275 g/mol. The Balaban J connectivity index is 2.19. The highest BCUT2D eigenvalue weighted by atomic mass is 32.2. The van der Waals surface area contributed by atoms with Crippen LogP contribution in [0.25, 0.3) is 0 Å². The van der Waals surface area contributed by atoms with Gasteiger partial charge in [0.15, 0.2) is 0 Å². The van der Waals surface area contributed by atoms with Gasteiger partial charge in [0, 0.05) is 10.6 Å². The molecule has 1 N–H and O–H groups in total. The number of carbonyl (C=O) groups is 2. The van der Waals surface area contributed by atoms with E-state index in [4.69, 9.17) is 11.5 Å². The highest BCUT2D eigenvalue weighted by Gasteiger charge is 2.32. The lowest BCUT2D eigenvalue weighted by Gasteiger charge is -2.21. The summed E-state index contributed by atoms with van der Waals surface area (Å²) in [6.45, 7) is -0.333. The Kier molecular flexibility index (Phi) is 4.13. The van der Waals surface area contributed by atoms with Gasteiger partial charge in [-0.25, -0.2) is 0 Å². The van der Waals surface area contributed by atoms with Crippen molar-refractivity contribution < 1.29 is 14.7 Å². The molecule has 0 radical (unpaired) electrons. The molecular weight excluding hydrogens is 262 g/mol. The average molecular weight is 275 g/mol. The van der Waals surface area contributed by atoms with Crippen LogP contribution in [0.1, 0.15) is 11.5 Å². The molecule has 0 spiro atoms. The first-order valence-electron chi connectivity index (χ1n) is 5.79. The summed E-state index contributed by atoms with van der Waals surface area (Å²) in [5.41, 5.74) is 0.963. The van der Waals surface area contributed by atoms with Gasteiger partial charge in [-0.1, -0.05) is 24.1 Å². The van der Waals surface area contributed by atoms with E-state index in [9.17, 15) is 9.59 Å².